The van der Waals surface area contributed by atoms with E-state index in [0.717, 1.165) is 12.0 Å². The van der Waals surface area contributed by atoms with Gasteiger partial charge in [-0.05, 0) is 44.4 Å². The summed E-state index contributed by atoms with van der Waals surface area (Å²) in [6, 6.07) is 6.53. The number of carbonyl (C=O) groups excluding carboxylic acids is 1. The number of ether oxygens (including phenoxy) is 3. The predicted octanol–water partition coefficient (Wildman–Crippen LogP) is 3.88. The van der Waals surface area contributed by atoms with Crippen LogP contribution in [0, 0.1) is 0 Å². The summed E-state index contributed by atoms with van der Waals surface area (Å²) in [4.78, 5) is 25.2. The first-order chi connectivity index (χ1) is 16.1. The predicted molar refractivity (Wildman–Crippen MR) is 120 cm³/mol. The van der Waals surface area contributed by atoms with Crippen molar-refractivity contribution in [1.29, 1.82) is 0 Å². The molecule has 0 bridgehead atoms. The number of benzene rings is 1. The van der Waals surface area contributed by atoms with E-state index in [1.165, 1.54) is 4.90 Å². The van der Waals surface area contributed by atoms with Crippen LogP contribution < -0.4 is 10.1 Å². The molecule has 0 aromatic heterocycles. The number of carbonyl (C=O) groups is 2. The summed E-state index contributed by atoms with van der Waals surface area (Å²) in [5.41, 5.74) is 0.779. The van der Waals surface area contributed by atoms with E-state index in [1.807, 2.05) is 13.8 Å². The summed E-state index contributed by atoms with van der Waals surface area (Å²) in [6.45, 7) is 5.01. The third-order valence-corrected chi connectivity index (χ3v) is 4.87. The summed E-state index contributed by atoms with van der Waals surface area (Å²) in [7, 11) is 0. The van der Waals surface area contributed by atoms with Crippen LogP contribution in [0.3, 0.4) is 0 Å². The standard InChI is InChI=1S/C23H35F3N2O6/c1-4-17(3)27-22(31)28(11-6-13-32-16-23(24,25)26)12-14-34-19-9-7-18(8-10-19)15-20(21(29)30)33-5-2/h7-10,17,20H,4-6,11-16H2,1-3H3,(H,27,31)(H,29,30). The van der Waals surface area contributed by atoms with Gasteiger partial charge in [0, 0.05) is 32.2 Å². The number of hydrogen-bond donors (Lipinski definition) is 2. The summed E-state index contributed by atoms with van der Waals surface area (Å²) >= 11 is 0. The van der Waals surface area contributed by atoms with E-state index in [1.54, 1.807) is 31.2 Å². The minimum atomic E-state index is -4.38. The van der Waals surface area contributed by atoms with Gasteiger partial charge in [0.1, 0.15) is 19.0 Å². The van der Waals surface area contributed by atoms with E-state index in [0.29, 0.717) is 12.4 Å². The Morgan fingerprint density at radius 3 is 2.35 bits per heavy atom. The highest BCUT2D eigenvalue weighted by Gasteiger charge is 2.27. The monoisotopic (exact) mass is 492 g/mol. The van der Waals surface area contributed by atoms with Crippen molar-refractivity contribution in [3.63, 3.8) is 0 Å². The average Bonchev–Trinajstić information content (AvgIpc) is 2.77. The van der Waals surface area contributed by atoms with Crippen molar-refractivity contribution in [2.24, 2.45) is 0 Å². The molecule has 2 amide bonds. The fourth-order valence-electron chi connectivity index (χ4n) is 2.89. The van der Waals surface area contributed by atoms with E-state index in [9.17, 15) is 27.9 Å². The van der Waals surface area contributed by atoms with Gasteiger partial charge in [-0.25, -0.2) is 9.59 Å². The van der Waals surface area contributed by atoms with Crippen molar-refractivity contribution < 1.29 is 42.1 Å². The number of nitrogens with one attached hydrogen (secondary N) is 1. The second kappa shape index (κ2) is 15.4. The zero-order chi connectivity index (χ0) is 25.6. The Labute approximate surface area is 198 Å². The lowest BCUT2D eigenvalue weighted by atomic mass is 10.1. The van der Waals surface area contributed by atoms with Gasteiger partial charge in [-0.15, -0.1) is 0 Å². The van der Waals surface area contributed by atoms with E-state index in [-0.39, 0.29) is 51.2 Å². The molecule has 0 aliphatic heterocycles. The van der Waals surface area contributed by atoms with Gasteiger partial charge in [-0.3, -0.25) is 0 Å². The van der Waals surface area contributed by atoms with Crippen molar-refractivity contribution in [2.75, 3.05) is 39.5 Å². The summed E-state index contributed by atoms with van der Waals surface area (Å²) < 4.78 is 52.1. The van der Waals surface area contributed by atoms with Crippen molar-refractivity contribution in [3.8, 4) is 5.75 Å². The maximum Gasteiger partial charge on any atom is 0.411 e. The van der Waals surface area contributed by atoms with Crippen LogP contribution in [0.5, 0.6) is 5.75 Å². The Morgan fingerprint density at radius 2 is 1.79 bits per heavy atom. The third-order valence-electron chi connectivity index (χ3n) is 4.87. The van der Waals surface area contributed by atoms with Gasteiger partial charge in [-0.1, -0.05) is 19.1 Å². The number of carboxylic acid groups (broad SMARTS) is 1. The molecule has 1 aromatic rings. The Hall–Kier alpha value is -2.53. The van der Waals surface area contributed by atoms with Crippen LogP contribution in [0.25, 0.3) is 0 Å². The maximum atomic E-state index is 12.5. The van der Waals surface area contributed by atoms with Crippen LogP contribution in [-0.2, 0) is 20.7 Å². The van der Waals surface area contributed by atoms with E-state index in [2.05, 4.69) is 10.1 Å². The first kappa shape index (κ1) is 29.5. The van der Waals surface area contributed by atoms with Gasteiger partial charge < -0.3 is 29.5 Å². The van der Waals surface area contributed by atoms with Gasteiger partial charge >= 0.3 is 18.2 Å². The van der Waals surface area contributed by atoms with E-state index in [4.69, 9.17) is 9.47 Å². The average molecular weight is 493 g/mol. The van der Waals surface area contributed by atoms with Crippen molar-refractivity contribution >= 4 is 12.0 Å². The minimum Gasteiger partial charge on any atom is -0.492 e. The second-order valence-electron chi connectivity index (χ2n) is 7.75. The molecule has 2 unspecified atom stereocenters. The first-order valence-corrected chi connectivity index (χ1v) is 11.3. The lowest BCUT2D eigenvalue weighted by Crippen LogP contribution is -2.45. The molecule has 0 heterocycles. The lowest BCUT2D eigenvalue weighted by Gasteiger charge is -2.25. The molecule has 1 rings (SSSR count). The molecule has 2 atom stereocenters. The number of carboxylic acids is 1. The molecule has 11 heteroatoms. The molecule has 0 aliphatic carbocycles. The van der Waals surface area contributed by atoms with Crippen LogP contribution >= 0.6 is 0 Å². The largest absolute Gasteiger partial charge is 0.492 e. The Balaban J connectivity index is 2.57. The molecule has 0 saturated heterocycles. The highest BCUT2D eigenvalue weighted by atomic mass is 19.4. The molecule has 0 spiro atoms. The topological polar surface area (TPSA) is 97.3 Å². The number of rotatable bonds is 16. The molecule has 8 nitrogen and oxygen atoms in total. The summed E-state index contributed by atoms with van der Waals surface area (Å²) in [6.07, 6.45) is -4.08. The zero-order valence-corrected chi connectivity index (χ0v) is 19.9. The molecule has 34 heavy (non-hydrogen) atoms. The van der Waals surface area contributed by atoms with Crippen LogP contribution in [0.15, 0.2) is 24.3 Å². The van der Waals surface area contributed by atoms with Gasteiger partial charge in [0.25, 0.3) is 0 Å². The number of nitrogens with zero attached hydrogens (tertiary/aromatic N) is 1. The van der Waals surface area contributed by atoms with Crippen LogP contribution in [-0.4, -0.2) is 79.8 Å². The molecule has 0 aliphatic rings. The zero-order valence-electron chi connectivity index (χ0n) is 19.9. The number of alkyl halides is 3. The Morgan fingerprint density at radius 1 is 1.12 bits per heavy atom. The van der Waals surface area contributed by atoms with Gasteiger partial charge in [0.2, 0.25) is 0 Å². The third kappa shape index (κ3) is 12.6. The minimum absolute atomic E-state index is 0.0451. The number of aliphatic carboxylic acids is 1. The Bertz CT molecular complexity index is 730. The number of hydrogen-bond acceptors (Lipinski definition) is 5. The highest BCUT2D eigenvalue weighted by molar-refractivity contribution is 5.74. The molecule has 0 radical (unpaired) electrons. The molecule has 194 valence electrons. The summed E-state index contributed by atoms with van der Waals surface area (Å²) in [5.74, 6) is -0.482. The molecule has 2 N–H and O–H groups in total. The Kier molecular flexibility index (Phi) is 13.4. The number of amides is 2. The maximum absolute atomic E-state index is 12.5. The highest BCUT2D eigenvalue weighted by Crippen LogP contribution is 2.16. The molecular weight excluding hydrogens is 457 g/mol. The lowest BCUT2D eigenvalue weighted by molar-refractivity contribution is -0.174. The van der Waals surface area contributed by atoms with Crippen LogP contribution in [0.4, 0.5) is 18.0 Å². The van der Waals surface area contributed by atoms with Crippen LogP contribution in [0.2, 0.25) is 0 Å². The van der Waals surface area contributed by atoms with Gasteiger partial charge in [-0.2, -0.15) is 13.2 Å². The summed E-state index contributed by atoms with van der Waals surface area (Å²) in [5, 5.41) is 12.0. The van der Waals surface area contributed by atoms with Crippen LogP contribution in [0.1, 0.15) is 39.2 Å². The van der Waals surface area contributed by atoms with Crippen molar-refractivity contribution in [2.45, 2.75) is 58.4 Å². The molecule has 0 fully saturated rings. The van der Waals surface area contributed by atoms with Gasteiger partial charge in [0.05, 0.1) is 6.54 Å². The first-order valence-electron chi connectivity index (χ1n) is 11.3. The van der Waals surface area contributed by atoms with Crippen molar-refractivity contribution in [1.82, 2.24) is 10.2 Å². The van der Waals surface area contributed by atoms with E-state index < -0.39 is 24.9 Å². The molecule has 0 saturated carbocycles. The van der Waals surface area contributed by atoms with Crippen molar-refractivity contribution in [3.05, 3.63) is 29.8 Å². The fourth-order valence-corrected chi connectivity index (χ4v) is 2.89. The number of urea groups is 1. The quantitative estimate of drug-likeness (QED) is 0.340. The SMILES string of the molecule is CCOC(Cc1ccc(OCCN(CCCOCC(F)(F)F)C(=O)NC(C)CC)cc1)C(=O)O. The fraction of sp³-hybridized carbons (Fsp3) is 0.652. The van der Waals surface area contributed by atoms with Gasteiger partial charge in [0.15, 0.2) is 6.10 Å². The van der Waals surface area contributed by atoms with E-state index >= 15 is 0 Å². The smallest absolute Gasteiger partial charge is 0.411 e. The molecular formula is C23H35F3N2O6. The second-order valence-corrected chi connectivity index (χ2v) is 7.75. The normalized spacial score (nSPS) is 13.2. The molecule has 1 aromatic carbocycles. The number of halogens is 3.